The van der Waals surface area contributed by atoms with Crippen molar-refractivity contribution in [3.63, 3.8) is 0 Å². The Bertz CT molecular complexity index is 497. The van der Waals surface area contributed by atoms with E-state index in [2.05, 4.69) is 15.5 Å². The topological polar surface area (TPSA) is 44.4 Å². The van der Waals surface area contributed by atoms with Gasteiger partial charge in [-0.15, -0.1) is 0 Å². The molecule has 0 saturated carbocycles. The van der Waals surface area contributed by atoms with E-state index in [1.807, 2.05) is 25.2 Å². The van der Waals surface area contributed by atoms with Gasteiger partial charge in [0.1, 0.15) is 5.66 Å². The minimum atomic E-state index is -0.291. The van der Waals surface area contributed by atoms with Crippen LogP contribution >= 0.6 is 11.6 Å². The lowest BCUT2D eigenvalue weighted by Gasteiger charge is -2.49. The zero-order valence-corrected chi connectivity index (χ0v) is 11.0. The minimum Gasteiger partial charge on any atom is -0.350 e. The third-order valence-corrected chi connectivity index (χ3v) is 4.29. The predicted octanol–water partition coefficient (Wildman–Crippen LogP) is 1.60. The molecule has 1 spiro atoms. The Morgan fingerprint density at radius 3 is 2.78 bits per heavy atom. The SMILES string of the molecule is CN1c2c(Cl)cccc2C(=O)NC12CCNCC2. The number of carbonyl (C=O) groups is 1. The summed E-state index contributed by atoms with van der Waals surface area (Å²) in [7, 11) is 2.01. The van der Waals surface area contributed by atoms with Crippen molar-refractivity contribution < 1.29 is 4.79 Å². The highest BCUT2D eigenvalue weighted by Gasteiger charge is 2.43. The van der Waals surface area contributed by atoms with Gasteiger partial charge in [0.2, 0.25) is 0 Å². The molecular formula is C13H16ClN3O. The number of nitrogens with zero attached hydrogens (tertiary/aromatic N) is 1. The first-order valence-electron chi connectivity index (χ1n) is 6.20. The van der Waals surface area contributed by atoms with Gasteiger partial charge in [-0.25, -0.2) is 0 Å². The largest absolute Gasteiger partial charge is 0.350 e. The van der Waals surface area contributed by atoms with Crippen LogP contribution < -0.4 is 15.5 Å². The van der Waals surface area contributed by atoms with Crippen LogP contribution in [0.3, 0.4) is 0 Å². The lowest BCUT2D eigenvalue weighted by Crippen LogP contribution is -2.66. The fourth-order valence-corrected chi connectivity index (χ4v) is 3.22. The van der Waals surface area contributed by atoms with E-state index in [0.29, 0.717) is 10.6 Å². The van der Waals surface area contributed by atoms with Crippen molar-refractivity contribution in [2.45, 2.75) is 18.5 Å². The Hall–Kier alpha value is -1.26. The maximum Gasteiger partial charge on any atom is 0.255 e. The number of piperidine rings is 1. The molecule has 3 rings (SSSR count). The van der Waals surface area contributed by atoms with Gasteiger partial charge in [-0.2, -0.15) is 0 Å². The number of halogens is 1. The number of hydrogen-bond acceptors (Lipinski definition) is 3. The number of amides is 1. The van der Waals surface area contributed by atoms with E-state index in [0.717, 1.165) is 31.6 Å². The van der Waals surface area contributed by atoms with Crippen LogP contribution in [-0.2, 0) is 0 Å². The highest BCUT2D eigenvalue weighted by molar-refractivity contribution is 6.34. The molecule has 1 fully saturated rings. The Morgan fingerprint density at radius 2 is 2.06 bits per heavy atom. The van der Waals surface area contributed by atoms with Crippen molar-refractivity contribution in [3.05, 3.63) is 28.8 Å². The summed E-state index contributed by atoms with van der Waals surface area (Å²) in [5.41, 5.74) is 1.22. The van der Waals surface area contributed by atoms with Gasteiger partial charge >= 0.3 is 0 Å². The zero-order chi connectivity index (χ0) is 12.8. The quantitative estimate of drug-likeness (QED) is 0.749. The minimum absolute atomic E-state index is 0.0208. The molecule has 1 aromatic rings. The number of anilines is 1. The smallest absolute Gasteiger partial charge is 0.255 e. The summed E-state index contributed by atoms with van der Waals surface area (Å²) < 4.78 is 0. The molecule has 0 radical (unpaired) electrons. The Labute approximate surface area is 111 Å². The molecule has 0 aliphatic carbocycles. The molecule has 0 atom stereocenters. The normalized spacial score (nSPS) is 21.7. The highest BCUT2D eigenvalue weighted by atomic mass is 35.5. The number of fused-ring (bicyclic) bond motifs is 1. The molecular weight excluding hydrogens is 250 g/mol. The molecule has 18 heavy (non-hydrogen) atoms. The average molecular weight is 266 g/mol. The summed E-state index contributed by atoms with van der Waals surface area (Å²) in [5.74, 6) is -0.0208. The van der Waals surface area contributed by atoms with Crippen LogP contribution in [0.5, 0.6) is 0 Å². The molecule has 1 amide bonds. The van der Waals surface area contributed by atoms with Crippen LogP contribution in [0.1, 0.15) is 23.2 Å². The van der Waals surface area contributed by atoms with E-state index >= 15 is 0 Å². The number of benzene rings is 1. The number of nitrogens with one attached hydrogen (secondary N) is 2. The maximum atomic E-state index is 12.2. The van der Waals surface area contributed by atoms with Crippen molar-refractivity contribution in [2.75, 3.05) is 25.0 Å². The summed E-state index contributed by atoms with van der Waals surface area (Å²) >= 11 is 6.27. The van der Waals surface area contributed by atoms with Gasteiger partial charge in [-0.3, -0.25) is 4.79 Å². The van der Waals surface area contributed by atoms with Crippen LogP contribution in [0.4, 0.5) is 5.69 Å². The second kappa shape index (κ2) is 4.14. The second-order valence-electron chi connectivity index (χ2n) is 4.93. The first-order chi connectivity index (χ1) is 8.64. The van der Waals surface area contributed by atoms with Crippen molar-refractivity contribution in [2.24, 2.45) is 0 Å². The monoisotopic (exact) mass is 265 g/mol. The molecule has 5 heteroatoms. The van der Waals surface area contributed by atoms with Gasteiger partial charge in [0.15, 0.2) is 0 Å². The third kappa shape index (κ3) is 1.60. The van der Waals surface area contributed by atoms with Crippen LogP contribution in [0.25, 0.3) is 0 Å². The highest BCUT2D eigenvalue weighted by Crippen LogP contribution is 2.39. The summed E-state index contributed by atoms with van der Waals surface area (Å²) in [4.78, 5) is 14.4. The maximum absolute atomic E-state index is 12.2. The van der Waals surface area contributed by atoms with Crippen molar-refractivity contribution in [1.29, 1.82) is 0 Å². The van der Waals surface area contributed by atoms with Crippen LogP contribution in [0.2, 0.25) is 5.02 Å². The first-order valence-corrected chi connectivity index (χ1v) is 6.57. The van der Waals surface area contributed by atoms with Crippen molar-refractivity contribution in [3.8, 4) is 0 Å². The number of hydrogen-bond donors (Lipinski definition) is 2. The van der Waals surface area contributed by atoms with Crippen LogP contribution in [0.15, 0.2) is 18.2 Å². The molecule has 2 heterocycles. The molecule has 96 valence electrons. The second-order valence-corrected chi connectivity index (χ2v) is 5.34. The standard InChI is InChI=1S/C13H16ClN3O/c1-17-11-9(3-2-4-10(11)14)12(18)16-13(17)5-7-15-8-6-13/h2-4,15H,5-8H2,1H3,(H,16,18). The number of para-hydroxylation sites is 1. The summed E-state index contributed by atoms with van der Waals surface area (Å²) in [6, 6.07) is 5.47. The molecule has 4 nitrogen and oxygen atoms in total. The van der Waals surface area contributed by atoms with Gasteiger partial charge in [0.25, 0.3) is 5.91 Å². The molecule has 2 aliphatic heterocycles. The average Bonchev–Trinajstić information content (AvgIpc) is 2.37. The molecule has 1 saturated heterocycles. The van der Waals surface area contributed by atoms with Crippen LogP contribution in [-0.4, -0.2) is 31.7 Å². The van der Waals surface area contributed by atoms with E-state index in [-0.39, 0.29) is 11.6 Å². The van der Waals surface area contributed by atoms with E-state index in [1.165, 1.54) is 0 Å². The lowest BCUT2D eigenvalue weighted by molar-refractivity contribution is 0.0856. The van der Waals surface area contributed by atoms with Crippen molar-refractivity contribution in [1.82, 2.24) is 10.6 Å². The number of rotatable bonds is 0. The Morgan fingerprint density at radius 1 is 1.33 bits per heavy atom. The molecule has 1 aromatic carbocycles. The Kier molecular flexibility index (Phi) is 2.72. The fourth-order valence-electron chi connectivity index (χ4n) is 2.92. The third-order valence-electron chi connectivity index (χ3n) is 3.99. The summed E-state index contributed by atoms with van der Waals surface area (Å²) in [6.07, 6.45) is 1.78. The van der Waals surface area contributed by atoms with E-state index in [9.17, 15) is 4.79 Å². The van der Waals surface area contributed by atoms with Gasteiger partial charge in [-0.05, 0) is 25.2 Å². The van der Waals surface area contributed by atoms with Crippen molar-refractivity contribution >= 4 is 23.2 Å². The van der Waals surface area contributed by atoms with Gasteiger partial charge in [0.05, 0.1) is 16.3 Å². The van der Waals surface area contributed by atoms with Gasteiger partial charge in [-0.1, -0.05) is 17.7 Å². The van der Waals surface area contributed by atoms with Gasteiger partial charge < -0.3 is 15.5 Å². The first kappa shape index (κ1) is 11.8. The van der Waals surface area contributed by atoms with E-state index in [1.54, 1.807) is 0 Å². The number of carbonyl (C=O) groups excluding carboxylic acids is 1. The Balaban J connectivity index is 2.10. The zero-order valence-electron chi connectivity index (χ0n) is 10.3. The van der Waals surface area contributed by atoms with Crippen LogP contribution in [0, 0.1) is 0 Å². The predicted molar refractivity (Wildman–Crippen MR) is 72.2 cm³/mol. The van der Waals surface area contributed by atoms with Gasteiger partial charge in [0, 0.05) is 19.9 Å². The summed E-state index contributed by atoms with van der Waals surface area (Å²) in [5, 5.41) is 7.11. The summed E-state index contributed by atoms with van der Waals surface area (Å²) in [6.45, 7) is 1.81. The molecule has 2 N–H and O–H groups in total. The van der Waals surface area contributed by atoms with E-state index < -0.39 is 0 Å². The molecule has 0 aromatic heterocycles. The fraction of sp³-hybridized carbons (Fsp3) is 0.462. The molecule has 0 unspecified atom stereocenters. The molecule has 2 aliphatic rings. The van der Waals surface area contributed by atoms with E-state index in [4.69, 9.17) is 11.6 Å². The molecule has 0 bridgehead atoms. The lowest BCUT2D eigenvalue weighted by atomic mass is 9.91.